The fourth-order valence-electron chi connectivity index (χ4n) is 2.73. The molecule has 0 amide bonds. The molecule has 0 aliphatic heterocycles. The van der Waals surface area contributed by atoms with Crippen LogP contribution in [0.5, 0.6) is 0 Å². The van der Waals surface area contributed by atoms with Crippen LogP contribution in [0.2, 0.25) is 0 Å². The van der Waals surface area contributed by atoms with Crippen LogP contribution in [0.4, 0.5) is 0 Å². The number of guanidine groups is 1. The molecule has 0 radical (unpaired) electrons. The Labute approximate surface area is 172 Å². The second-order valence-electron chi connectivity index (χ2n) is 6.70. The maximum atomic E-state index is 7.20. The minimum absolute atomic E-state index is 0.181. The summed E-state index contributed by atoms with van der Waals surface area (Å²) in [5.41, 5.74) is 11.5. The summed E-state index contributed by atoms with van der Waals surface area (Å²) in [7, 11) is 0. The van der Waals surface area contributed by atoms with E-state index in [2.05, 4.69) is 46.4 Å². The third kappa shape index (κ3) is 6.82. The Morgan fingerprint density at radius 2 is 1.93 bits per heavy atom. The van der Waals surface area contributed by atoms with E-state index in [0.29, 0.717) is 0 Å². The second kappa shape index (κ2) is 11.3. The predicted octanol–water partition coefficient (Wildman–Crippen LogP) is 5.04. The molecule has 6 heteroatoms. The van der Waals surface area contributed by atoms with Crippen LogP contribution >= 0.6 is 11.3 Å². The zero-order valence-electron chi connectivity index (χ0n) is 16.9. The first-order chi connectivity index (χ1) is 13.5. The molecule has 28 heavy (non-hydrogen) atoms. The van der Waals surface area contributed by atoms with E-state index in [1.165, 1.54) is 32.1 Å². The molecule has 2 rings (SSSR count). The van der Waals surface area contributed by atoms with Gasteiger partial charge in [0.2, 0.25) is 5.96 Å². The summed E-state index contributed by atoms with van der Waals surface area (Å²) in [6.07, 6.45) is 7.35. The van der Waals surface area contributed by atoms with E-state index < -0.39 is 0 Å². The first kappa shape index (κ1) is 21.6. The molecule has 0 unspecified atom stereocenters. The maximum Gasteiger partial charge on any atom is 0.206 e. The normalized spacial score (nSPS) is 11.0. The van der Waals surface area contributed by atoms with Gasteiger partial charge < -0.3 is 5.73 Å². The van der Waals surface area contributed by atoms with E-state index in [1.54, 1.807) is 11.3 Å². The number of hydrazone groups is 1. The first-order valence-electron chi connectivity index (χ1n) is 9.72. The van der Waals surface area contributed by atoms with Crippen LogP contribution in [0, 0.1) is 24.2 Å². The van der Waals surface area contributed by atoms with Crippen molar-refractivity contribution in [3.63, 3.8) is 0 Å². The van der Waals surface area contributed by atoms with Gasteiger partial charge in [-0.3, -0.25) is 5.41 Å². The van der Waals surface area contributed by atoms with Gasteiger partial charge in [-0.25, -0.2) is 10.4 Å². The third-order valence-electron chi connectivity index (χ3n) is 4.24. The van der Waals surface area contributed by atoms with Gasteiger partial charge in [0.25, 0.3) is 0 Å². The Balaban J connectivity index is 1.99. The molecule has 0 fully saturated rings. The van der Waals surface area contributed by atoms with Crippen LogP contribution in [0.3, 0.4) is 0 Å². The minimum atomic E-state index is -0.181. The van der Waals surface area contributed by atoms with Gasteiger partial charge in [-0.05, 0) is 32.4 Å². The number of aryl methyl sites for hydroxylation is 1. The smallest absolute Gasteiger partial charge is 0.206 e. The lowest BCUT2D eigenvalue weighted by Gasteiger charge is -1.99. The van der Waals surface area contributed by atoms with Crippen molar-refractivity contribution in [3.05, 3.63) is 40.4 Å². The van der Waals surface area contributed by atoms with Crippen molar-refractivity contribution in [3.8, 4) is 22.4 Å². The Morgan fingerprint density at radius 3 is 2.61 bits per heavy atom. The molecule has 0 saturated heterocycles. The molecule has 0 bridgehead atoms. The molecule has 1 aromatic heterocycles. The Hall–Kier alpha value is -2.65. The van der Waals surface area contributed by atoms with Gasteiger partial charge in [0.15, 0.2) is 0 Å². The number of hydrogen-bond donors (Lipinski definition) is 3. The number of nitrogens with one attached hydrogen (secondary N) is 2. The van der Waals surface area contributed by atoms with Crippen LogP contribution in [0.15, 0.2) is 29.4 Å². The molecule has 0 atom stereocenters. The monoisotopic (exact) mass is 395 g/mol. The number of unbranched alkanes of at least 4 members (excludes halogenated alkanes) is 5. The molecule has 0 saturated carbocycles. The van der Waals surface area contributed by atoms with E-state index in [0.717, 1.165) is 38.8 Å². The SMILES string of the molecule is CCCCCCCC#Cc1ccc(-c2nc(C)c(/C(C)=N/NC(=N)N)s2)cc1. The third-order valence-corrected chi connectivity index (χ3v) is 5.55. The number of rotatable bonds is 8. The summed E-state index contributed by atoms with van der Waals surface area (Å²) in [5, 5.41) is 12.3. The van der Waals surface area contributed by atoms with Crippen molar-refractivity contribution in [1.82, 2.24) is 10.4 Å². The Morgan fingerprint density at radius 1 is 1.21 bits per heavy atom. The summed E-state index contributed by atoms with van der Waals surface area (Å²) in [4.78, 5) is 5.64. The Kier molecular flexibility index (Phi) is 8.70. The van der Waals surface area contributed by atoms with Gasteiger partial charge in [-0.15, -0.1) is 11.3 Å². The second-order valence-corrected chi connectivity index (χ2v) is 7.70. The molecule has 0 aliphatic rings. The largest absolute Gasteiger partial charge is 0.369 e. The summed E-state index contributed by atoms with van der Waals surface area (Å²) in [6.45, 7) is 6.07. The van der Waals surface area contributed by atoms with Gasteiger partial charge in [-0.2, -0.15) is 5.10 Å². The molecular formula is C22H29N5S. The van der Waals surface area contributed by atoms with E-state index >= 15 is 0 Å². The highest BCUT2D eigenvalue weighted by Gasteiger charge is 2.12. The average Bonchev–Trinajstić information content (AvgIpc) is 3.07. The van der Waals surface area contributed by atoms with Crippen molar-refractivity contribution in [2.45, 2.75) is 59.3 Å². The van der Waals surface area contributed by atoms with Crippen LogP contribution < -0.4 is 11.2 Å². The molecule has 1 aromatic carbocycles. The highest BCUT2D eigenvalue weighted by Crippen LogP contribution is 2.28. The summed E-state index contributed by atoms with van der Waals surface area (Å²) in [5.74, 6) is 6.34. The molecule has 2 aromatic rings. The fourth-order valence-corrected chi connectivity index (χ4v) is 3.74. The Bertz CT molecular complexity index is 869. The van der Waals surface area contributed by atoms with E-state index in [1.807, 2.05) is 26.0 Å². The van der Waals surface area contributed by atoms with Crippen molar-refractivity contribution >= 4 is 23.0 Å². The van der Waals surface area contributed by atoms with Crippen LogP contribution in [0.25, 0.3) is 10.6 Å². The maximum absolute atomic E-state index is 7.20. The topological polar surface area (TPSA) is 87.2 Å². The van der Waals surface area contributed by atoms with Crippen molar-refractivity contribution < 1.29 is 0 Å². The quantitative estimate of drug-likeness (QED) is 0.192. The zero-order valence-corrected chi connectivity index (χ0v) is 17.7. The zero-order chi connectivity index (χ0) is 20.4. The number of thiazole rings is 1. The number of benzene rings is 1. The molecule has 1 heterocycles. The molecular weight excluding hydrogens is 366 g/mol. The molecule has 148 valence electrons. The highest BCUT2D eigenvalue weighted by molar-refractivity contribution is 7.17. The number of nitrogens with two attached hydrogens (primary N) is 1. The van der Waals surface area contributed by atoms with Crippen LogP contribution in [-0.4, -0.2) is 16.7 Å². The van der Waals surface area contributed by atoms with Crippen molar-refractivity contribution in [1.29, 1.82) is 5.41 Å². The molecule has 4 N–H and O–H groups in total. The van der Waals surface area contributed by atoms with Crippen LogP contribution in [0.1, 0.15) is 68.5 Å². The lowest BCUT2D eigenvalue weighted by atomic mass is 10.1. The van der Waals surface area contributed by atoms with Gasteiger partial charge >= 0.3 is 0 Å². The molecule has 5 nitrogen and oxygen atoms in total. The van der Waals surface area contributed by atoms with Gasteiger partial charge in [0.05, 0.1) is 16.3 Å². The standard InChI is InChI=1S/C22H29N5S/c1-4-5-6-7-8-9-10-11-18-12-14-19(15-13-18)21-25-16(2)20(28-21)17(3)26-27-22(23)24/h12-15H,4-9H2,1-3H3,(H4,23,24,27)/b26-17+. The summed E-state index contributed by atoms with van der Waals surface area (Å²) >= 11 is 1.58. The number of hydrogen-bond acceptors (Lipinski definition) is 4. The lowest BCUT2D eigenvalue weighted by molar-refractivity contribution is 0.641. The van der Waals surface area contributed by atoms with Gasteiger partial charge in [-0.1, -0.05) is 56.6 Å². The molecule has 0 spiro atoms. The first-order valence-corrected chi connectivity index (χ1v) is 10.5. The fraction of sp³-hybridized carbons (Fsp3) is 0.409. The lowest BCUT2D eigenvalue weighted by Crippen LogP contribution is -2.26. The van der Waals surface area contributed by atoms with Crippen molar-refractivity contribution in [2.24, 2.45) is 10.8 Å². The van der Waals surface area contributed by atoms with Gasteiger partial charge in [0.1, 0.15) is 5.01 Å². The van der Waals surface area contributed by atoms with E-state index in [9.17, 15) is 0 Å². The average molecular weight is 396 g/mol. The minimum Gasteiger partial charge on any atom is -0.369 e. The molecule has 0 aliphatic carbocycles. The summed E-state index contributed by atoms with van der Waals surface area (Å²) in [6, 6.07) is 8.23. The van der Waals surface area contributed by atoms with Crippen molar-refractivity contribution in [2.75, 3.05) is 0 Å². The number of nitrogens with zero attached hydrogens (tertiary/aromatic N) is 2. The van der Waals surface area contributed by atoms with Crippen LogP contribution in [-0.2, 0) is 0 Å². The van der Waals surface area contributed by atoms with Gasteiger partial charge in [0, 0.05) is 17.5 Å². The predicted molar refractivity (Wildman–Crippen MR) is 120 cm³/mol. The van der Waals surface area contributed by atoms with E-state index in [4.69, 9.17) is 11.1 Å². The summed E-state index contributed by atoms with van der Waals surface area (Å²) < 4.78 is 0. The van der Waals surface area contributed by atoms with E-state index in [-0.39, 0.29) is 5.96 Å². The highest BCUT2D eigenvalue weighted by atomic mass is 32.1. The number of aromatic nitrogens is 1.